The molecule has 0 amide bonds. The van der Waals surface area contributed by atoms with Gasteiger partial charge < -0.3 is 4.55 Å². The van der Waals surface area contributed by atoms with Crippen LogP contribution in [0.3, 0.4) is 0 Å². The molecule has 2 nitrogen and oxygen atoms in total. The third-order valence-electron chi connectivity index (χ3n) is 1.02. The summed E-state index contributed by atoms with van der Waals surface area (Å²) in [4.78, 5) is 0.445. The molecule has 1 atom stereocenters. The summed E-state index contributed by atoms with van der Waals surface area (Å²) in [5, 5.41) is 0. The first-order valence-corrected chi connectivity index (χ1v) is 4.75. The van der Waals surface area contributed by atoms with Gasteiger partial charge in [0.1, 0.15) is 0 Å². The van der Waals surface area contributed by atoms with Crippen molar-refractivity contribution in [2.75, 3.05) is 0 Å². The summed E-state index contributed by atoms with van der Waals surface area (Å²) in [5.74, 6) is 0. The van der Waals surface area contributed by atoms with E-state index < -0.39 is 11.1 Å². The van der Waals surface area contributed by atoms with Crippen molar-refractivity contribution in [1.29, 1.82) is 0 Å². The minimum absolute atomic E-state index is 0. The normalized spacial score (nSPS) is 11.8. The Kier molecular flexibility index (Phi) is 6.21. The number of hydrogen-bond donors (Lipinski definition) is 1. The average molecular weight is 292 g/mol. The minimum atomic E-state index is -1.84. The molecule has 1 aromatic rings. The molecule has 1 rings (SSSR count). The van der Waals surface area contributed by atoms with Gasteiger partial charge in [0.2, 0.25) is 0 Å². The van der Waals surface area contributed by atoms with Crippen LogP contribution in [-0.4, -0.2) is 38.3 Å². The van der Waals surface area contributed by atoms with E-state index in [4.69, 9.17) is 4.55 Å². The molecule has 0 spiro atoms. The molecular formula is C6H6INaO2S. The van der Waals surface area contributed by atoms with Gasteiger partial charge in [-0.05, 0) is 46.9 Å². The zero-order valence-electron chi connectivity index (χ0n) is 4.95. The van der Waals surface area contributed by atoms with E-state index in [2.05, 4.69) is 22.6 Å². The van der Waals surface area contributed by atoms with E-state index in [1.807, 2.05) is 0 Å². The summed E-state index contributed by atoms with van der Waals surface area (Å²) in [5.41, 5.74) is 0. The zero-order valence-corrected chi connectivity index (χ0v) is 7.93. The zero-order chi connectivity index (χ0) is 7.56. The Bertz CT molecular complexity index is 249. The Balaban J connectivity index is 0.000001000. The molecule has 1 aromatic carbocycles. The molecule has 1 N–H and O–H groups in total. The van der Waals surface area contributed by atoms with Crippen molar-refractivity contribution in [2.24, 2.45) is 0 Å². The number of halogens is 1. The van der Waals surface area contributed by atoms with E-state index in [1.54, 1.807) is 24.3 Å². The van der Waals surface area contributed by atoms with Crippen LogP contribution in [0.2, 0.25) is 0 Å². The first-order valence-electron chi connectivity index (χ1n) is 2.56. The van der Waals surface area contributed by atoms with Gasteiger partial charge in [-0.1, -0.05) is 0 Å². The molecule has 1 unspecified atom stereocenters. The summed E-state index contributed by atoms with van der Waals surface area (Å²) in [6.07, 6.45) is 0. The Hall–Kier alpha value is 1.06. The average Bonchev–Trinajstić information content (AvgIpc) is 1.88. The van der Waals surface area contributed by atoms with E-state index in [-0.39, 0.29) is 29.6 Å². The monoisotopic (exact) mass is 292 g/mol. The second kappa shape index (κ2) is 5.66. The molecular weight excluding hydrogens is 286 g/mol. The third-order valence-corrected chi connectivity index (χ3v) is 2.41. The fraction of sp³-hybridized carbons (Fsp3) is 0. The van der Waals surface area contributed by atoms with Crippen LogP contribution in [0.15, 0.2) is 29.2 Å². The topological polar surface area (TPSA) is 37.3 Å². The van der Waals surface area contributed by atoms with Crippen molar-refractivity contribution >= 4 is 63.2 Å². The van der Waals surface area contributed by atoms with Gasteiger partial charge >= 0.3 is 29.6 Å². The molecule has 0 aliphatic carbocycles. The Labute approximate surface area is 103 Å². The standard InChI is InChI=1S/C6H5IO2S.Na.H/c7-5-1-3-6(4-2-5)10(8)9;;/h1-4H,(H,8,9);;. The molecule has 5 heteroatoms. The SMILES string of the molecule is O=S(O)c1ccc(I)cc1.[NaH]. The summed E-state index contributed by atoms with van der Waals surface area (Å²) >= 11 is 0.299. The predicted octanol–water partition coefficient (Wildman–Crippen LogP) is 1.22. The van der Waals surface area contributed by atoms with Crippen LogP contribution in [0.5, 0.6) is 0 Å². The van der Waals surface area contributed by atoms with Gasteiger partial charge in [0.25, 0.3) is 0 Å². The molecule has 0 aliphatic heterocycles. The molecule has 0 heterocycles. The molecule has 0 aliphatic rings. The number of benzene rings is 1. The van der Waals surface area contributed by atoms with Crippen LogP contribution in [0.4, 0.5) is 0 Å². The molecule has 0 saturated heterocycles. The van der Waals surface area contributed by atoms with Crippen LogP contribution >= 0.6 is 22.6 Å². The Morgan fingerprint density at radius 3 is 2.09 bits per heavy atom. The van der Waals surface area contributed by atoms with Crippen molar-refractivity contribution in [1.82, 2.24) is 0 Å². The van der Waals surface area contributed by atoms with Gasteiger partial charge in [0.05, 0.1) is 4.90 Å². The van der Waals surface area contributed by atoms with E-state index in [0.717, 1.165) is 3.57 Å². The van der Waals surface area contributed by atoms with Gasteiger partial charge in [0.15, 0.2) is 11.1 Å². The Morgan fingerprint density at radius 2 is 1.73 bits per heavy atom. The maximum absolute atomic E-state index is 10.4. The number of rotatable bonds is 1. The van der Waals surface area contributed by atoms with Crippen molar-refractivity contribution in [3.05, 3.63) is 27.8 Å². The van der Waals surface area contributed by atoms with Crippen LogP contribution < -0.4 is 0 Å². The van der Waals surface area contributed by atoms with Gasteiger partial charge in [0, 0.05) is 3.57 Å². The molecule has 11 heavy (non-hydrogen) atoms. The molecule has 0 radical (unpaired) electrons. The second-order valence-corrected chi connectivity index (χ2v) is 3.92. The molecule has 56 valence electrons. The van der Waals surface area contributed by atoms with Gasteiger partial charge in [-0.2, -0.15) is 0 Å². The van der Waals surface area contributed by atoms with Gasteiger partial charge in [-0.25, -0.2) is 4.21 Å². The number of hydrogen-bond acceptors (Lipinski definition) is 1. The predicted molar refractivity (Wildman–Crippen MR) is 55.3 cm³/mol. The fourth-order valence-corrected chi connectivity index (χ4v) is 1.28. The summed E-state index contributed by atoms with van der Waals surface area (Å²) < 4.78 is 20.1. The Morgan fingerprint density at radius 1 is 1.27 bits per heavy atom. The van der Waals surface area contributed by atoms with Crippen molar-refractivity contribution in [3.63, 3.8) is 0 Å². The van der Waals surface area contributed by atoms with E-state index in [9.17, 15) is 4.21 Å². The molecule has 0 bridgehead atoms. The summed E-state index contributed by atoms with van der Waals surface area (Å²) in [6.45, 7) is 0. The first kappa shape index (κ1) is 12.1. The van der Waals surface area contributed by atoms with Crippen LogP contribution in [0, 0.1) is 3.57 Å². The molecule has 0 fully saturated rings. The van der Waals surface area contributed by atoms with Crippen LogP contribution in [0.1, 0.15) is 0 Å². The second-order valence-electron chi connectivity index (χ2n) is 1.70. The van der Waals surface area contributed by atoms with Gasteiger partial charge in [-0.3, -0.25) is 0 Å². The fourth-order valence-electron chi connectivity index (χ4n) is 0.551. The molecule has 0 saturated carbocycles. The molecule has 0 aromatic heterocycles. The quantitative estimate of drug-likeness (QED) is 0.480. The van der Waals surface area contributed by atoms with E-state index in [0.29, 0.717) is 4.90 Å². The maximum atomic E-state index is 10.4. The van der Waals surface area contributed by atoms with Crippen molar-refractivity contribution in [2.45, 2.75) is 4.90 Å². The van der Waals surface area contributed by atoms with E-state index in [1.165, 1.54) is 0 Å². The third kappa shape index (κ3) is 4.00. The summed E-state index contributed by atoms with van der Waals surface area (Å²) in [6, 6.07) is 6.86. The van der Waals surface area contributed by atoms with Crippen LogP contribution in [0.25, 0.3) is 0 Å². The van der Waals surface area contributed by atoms with Crippen molar-refractivity contribution in [3.8, 4) is 0 Å². The van der Waals surface area contributed by atoms with Crippen molar-refractivity contribution < 1.29 is 8.76 Å². The van der Waals surface area contributed by atoms with E-state index >= 15 is 0 Å². The van der Waals surface area contributed by atoms with Gasteiger partial charge in [-0.15, -0.1) is 0 Å². The summed E-state index contributed by atoms with van der Waals surface area (Å²) in [7, 11) is 0. The first-order chi connectivity index (χ1) is 4.70. The van der Waals surface area contributed by atoms with Crippen LogP contribution in [-0.2, 0) is 11.1 Å².